The Morgan fingerprint density at radius 1 is 1.14 bits per heavy atom. The van der Waals surface area contributed by atoms with Gasteiger partial charge in [0.05, 0.1) is 21.7 Å². The van der Waals surface area contributed by atoms with Gasteiger partial charge in [-0.1, -0.05) is 45.2 Å². The lowest BCUT2D eigenvalue weighted by atomic mass is 10.2. The summed E-state index contributed by atoms with van der Waals surface area (Å²) in [5.74, 6) is 0.00380. The standard InChI is InChI=1S/C13H6BrCl2NO3S/c14-9-5-11(15)13(12(16)6-9)21(18,19)20-10-3-1-2-8(4-10)7-17/h1-6H. The van der Waals surface area contributed by atoms with Crippen molar-refractivity contribution in [2.75, 3.05) is 0 Å². The third-order valence-electron chi connectivity index (χ3n) is 2.38. The summed E-state index contributed by atoms with van der Waals surface area (Å²) in [6.45, 7) is 0. The molecule has 0 fully saturated rings. The molecule has 0 aliphatic rings. The van der Waals surface area contributed by atoms with Gasteiger partial charge in [-0.15, -0.1) is 0 Å². The average molecular weight is 407 g/mol. The summed E-state index contributed by atoms with van der Waals surface area (Å²) in [5, 5.41) is 8.67. The second-order valence-electron chi connectivity index (χ2n) is 3.88. The van der Waals surface area contributed by atoms with Crippen molar-refractivity contribution in [1.82, 2.24) is 0 Å². The highest BCUT2D eigenvalue weighted by Gasteiger charge is 2.24. The number of hydrogen-bond acceptors (Lipinski definition) is 4. The molecule has 0 amide bonds. The minimum absolute atomic E-state index is 0.00380. The van der Waals surface area contributed by atoms with Gasteiger partial charge in [0.2, 0.25) is 0 Å². The predicted molar refractivity (Wildman–Crippen MR) is 83.1 cm³/mol. The number of nitrogens with zero attached hydrogens (tertiary/aromatic N) is 1. The van der Waals surface area contributed by atoms with Crippen LogP contribution < -0.4 is 4.18 Å². The number of halogens is 3. The van der Waals surface area contributed by atoms with Gasteiger partial charge in [-0.2, -0.15) is 13.7 Å². The summed E-state index contributed by atoms with van der Waals surface area (Å²) in [5.41, 5.74) is 0.274. The van der Waals surface area contributed by atoms with Crippen molar-refractivity contribution in [2.45, 2.75) is 4.90 Å². The highest BCUT2D eigenvalue weighted by atomic mass is 79.9. The van der Waals surface area contributed by atoms with Crippen LogP contribution in [-0.4, -0.2) is 8.42 Å². The highest BCUT2D eigenvalue weighted by molar-refractivity contribution is 9.10. The lowest BCUT2D eigenvalue weighted by Crippen LogP contribution is -2.11. The molecule has 0 heterocycles. The molecule has 0 N–H and O–H groups in total. The molecule has 8 heteroatoms. The predicted octanol–water partition coefficient (Wildman–Crippen LogP) is 4.40. The van der Waals surface area contributed by atoms with E-state index in [9.17, 15) is 8.42 Å². The topological polar surface area (TPSA) is 67.2 Å². The molecule has 2 aromatic rings. The molecule has 0 saturated carbocycles. The molecule has 0 aliphatic carbocycles. The lowest BCUT2D eigenvalue weighted by molar-refractivity contribution is 0.486. The molecule has 0 aliphatic heterocycles. The van der Waals surface area contributed by atoms with Crippen LogP contribution in [0.5, 0.6) is 5.75 Å². The first kappa shape index (κ1) is 16.1. The van der Waals surface area contributed by atoms with Gasteiger partial charge in [0.1, 0.15) is 10.6 Å². The number of benzene rings is 2. The van der Waals surface area contributed by atoms with Crippen LogP contribution in [0.1, 0.15) is 5.56 Å². The first-order valence-electron chi connectivity index (χ1n) is 5.42. The van der Waals surface area contributed by atoms with Crippen LogP contribution in [0.3, 0.4) is 0 Å². The molecule has 0 unspecified atom stereocenters. The van der Waals surface area contributed by atoms with E-state index in [4.69, 9.17) is 32.6 Å². The van der Waals surface area contributed by atoms with E-state index >= 15 is 0 Å². The van der Waals surface area contributed by atoms with E-state index in [1.807, 2.05) is 6.07 Å². The molecule has 2 aromatic carbocycles. The van der Waals surface area contributed by atoms with E-state index < -0.39 is 10.1 Å². The van der Waals surface area contributed by atoms with Crippen LogP contribution >= 0.6 is 39.1 Å². The maximum absolute atomic E-state index is 12.3. The van der Waals surface area contributed by atoms with Crippen LogP contribution in [0.15, 0.2) is 45.8 Å². The number of rotatable bonds is 3. The van der Waals surface area contributed by atoms with Gasteiger partial charge in [-0.05, 0) is 30.3 Å². The number of hydrogen-bond donors (Lipinski definition) is 0. The maximum Gasteiger partial charge on any atom is 0.342 e. The maximum atomic E-state index is 12.3. The van der Waals surface area contributed by atoms with Gasteiger partial charge >= 0.3 is 10.1 Å². The normalized spacial score (nSPS) is 11.0. The molecule has 0 atom stereocenters. The van der Waals surface area contributed by atoms with Gasteiger partial charge in [-0.3, -0.25) is 0 Å². The van der Waals surface area contributed by atoms with Crippen LogP contribution in [0.4, 0.5) is 0 Å². The van der Waals surface area contributed by atoms with Gasteiger partial charge in [0.15, 0.2) is 0 Å². The van der Waals surface area contributed by atoms with Gasteiger partial charge in [0, 0.05) is 4.47 Å². The van der Waals surface area contributed by atoms with E-state index in [2.05, 4.69) is 15.9 Å². The molecule has 108 valence electrons. The quantitative estimate of drug-likeness (QED) is 0.708. The van der Waals surface area contributed by atoms with Gasteiger partial charge < -0.3 is 4.18 Å². The van der Waals surface area contributed by atoms with Crippen molar-refractivity contribution < 1.29 is 12.6 Å². The Morgan fingerprint density at radius 2 is 1.76 bits per heavy atom. The zero-order valence-corrected chi connectivity index (χ0v) is 14.1. The van der Waals surface area contributed by atoms with Crippen molar-refractivity contribution >= 4 is 49.2 Å². The molecular formula is C13H6BrCl2NO3S. The van der Waals surface area contributed by atoms with Crippen molar-refractivity contribution in [3.8, 4) is 11.8 Å². The largest absolute Gasteiger partial charge is 0.379 e. The van der Waals surface area contributed by atoms with Crippen LogP contribution in [0.2, 0.25) is 10.0 Å². The molecule has 0 spiro atoms. The Bertz CT molecular complexity index is 824. The molecule has 0 radical (unpaired) electrons. The fraction of sp³-hybridized carbons (Fsp3) is 0. The van der Waals surface area contributed by atoms with Crippen molar-refractivity contribution in [1.29, 1.82) is 5.26 Å². The first-order chi connectivity index (χ1) is 9.83. The van der Waals surface area contributed by atoms with E-state index in [0.29, 0.717) is 4.47 Å². The average Bonchev–Trinajstić information content (AvgIpc) is 2.36. The summed E-state index contributed by atoms with van der Waals surface area (Å²) in [6, 6.07) is 10.4. The minimum Gasteiger partial charge on any atom is -0.379 e. The van der Waals surface area contributed by atoms with Crippen molar-refractivity contribution in [3.63, 3.8) is 0 Å². The summed E-state index contributed by atoms with van der Waals surface area (Å²) < 4.78 is 30.0. The summed E-state index contributed by atoms with van der Waals surface area (Å²) in [4.78, 5) is -0.323. The zero-order valence-electron chi connectivity index (χ0n) is 10.2. The van der Waals surface area contributed by atoms with Crippen LogP contribution in [0.25, 0.3) is 0 Å². The Balaban J connectivity index is 2.46. The monoisotopic (exact) mass is 405 g/mol. The Kier molecular flexibility index (Phi) is 4.79. The third kappa shape index (κ3) is 3.69. The molecule has 0 bridgehead atoms. The Morgan fingerprint density at radius 3 is 2.33 bits per heavy atom. The summed E-state index contributed by atoms with van der Waals surface area (Å²) in [6.07, 6.45) is 0. The SMILES string of the molecule is N#Cc1cccc(OS(=O)(=O)c2c(Cl)cc(Br)cc2Cl)c1. The Labute approximate surface area is 140 Å². The van der Waals surface area contributed by atoms with Crippen molar-refractivity contribution in [3.05, 3.63) is 56.5 Å². The molecule has 2 rings (SSSR count). The fourth-order valence-corrected chi connectivity index (χ4v) is 4.36. The van der Waals surface area contributed by atoms with Gasteiger partial charge in [0.25, 0.3) is 0 Å². The van der Waals surface area contributed by atoms with Crippen molar-refractivity contribution in [2.24, 2.45) is 0 Å². The van der Waals surface area contributed by atoms with Crippen LogP contribution in [0, 0.1) is 11.3 Å². The molecule has 0 saturated heterocycles. The first-order valence-corrected chi connectivity index (χ1v) is 8.38. The fourth-order valence-electron chi connectivity index (χ4n) is 1.55. The minimum atomic E-state index is -4.21. The summed E-state index contributed by atoms with van der Waals surface area (Å²) >= 11 is 15.0. The molecular weight excluding hydrogens is 401 g/mol. The molecule has 0 aromatic heterocycles. The third-order valence-corrected chi connectivity index (χ3v) is 5.01. The molecule has 4 nitrogen and oxygen atoms in total. The van der Waals surface area contributed by atoms with E-state index in [-0.39, 0.29) is 26.3 Å². The second kappa shape index (κ2) is 6.24. The van der Waals surface area contributed by atoms with E-state index in [0.717, 1.165) is 0 Å². The highest BCUT2D eigenvalue weighted by Crippen LogP contribution is 2.34. The van der Waals surface area contributed by atoms with Gasteiger partial charge in [-0.25, -0.2) is 0 Å². The summed E-state index contributed by atoms with van der Waals surface area (Å²) in [7, 11) is -4.21. The second-order valence-corrected chi connectivity index (χ2v) is 7.09. The lowest BCUT2D eigenvalue weighted by Gasteiger charge is -2.10. The Hall–Kier alpha value is -1.26. The van der Waals surface area contributed by atoms with E-state index in [1.165, 1.54) is 36.4 Å². The smallest absolute Gasteiger partial charge is 0.342 e. The number of nitriles is 1. The molecule has 21 heavy (non-hydrogen) atoms. The van der Waals surface area contributed by atoms with E-state index in [1.54, 1.807) is 0 Å². The van der Waals surface area contributed by atoms with Crippen LogP contribution in [-0.2, 0) is 10.1 Å². The zero-order chi connectivity index (χ0) is 15.6.